The van der Waals surface area contributed by atoms with Crippen LogP contribution < -0.4 is 5.32 Å². The summed E-state index contributed by atoms with van der Waals surface area (Å²) in [5.41, 5.74) is -0.593. The van der Waals surface area contributed by atoms with Crippen molar-refractivity contribution >= 4 is 39.6 Å². The van der Waals surface area contributed by atoms with Crippen molar-refractivity contribution in [3.63, 3.8) is 0 Å². The third kappa shape index (κ3) is 6.90. The number of esters is 1. The zero-order valence-electron chi connectivity index (χ0n) is 25.9. The van der Waals surface area contributed by atoms with Crippen molar-refractivity contribution < 1.29 is 33.8 Å². The number of fused-ring (bicyclic) bond motifs is 2. The number of carbonyl (C=O) groups is 4. The van der Waals surface area contributed by atoms with Gasteiger partial charge in [0.25, 0.3) is 0 Å². The molecule has 45 heavy (non-hydrogen) atoms. The number of nitrogens with one attached hydrogen (secondary N) is 1. The third-order valence-electron chi connectivity index (χ3n) is 9.28. The Morgan fingerprint density at radius 3 is 2.53 bits per heavy atom. The molecule has 4 aliphatic heterocycles. The fraction of sp³-hybridized carbons (Fsp3) is 0.588. The van der Waals surface area contributed by atoms with Crippen LogP contribution in [-0.2, 0) is 28.7 Å². The number of amides is 3. The van der Waals surface area contributed by atoms with Gasteiger partial charge in [0.15, 0.2) is 0 Å². The molecular formula is C34H44BrN3O7. The van der Waals surface area contributed by atoms with Crippen LogP contribution in [0.4, 0.5) is 0 Å². The molecule has 0 aliphatic carbocycles. The van der Waals surface area contributed by atoms with Crippen molar-refractivity contribution in [2.24, 2.45) is 11.8 Å². The molecular weight excluding hydrogens is 642 g/mol. The Balaban J connectivity index is 1.53. The molecule has 3 amide bonds. The van der Waals surface area contributed by atoms with E-state index in [1.54, 1.807) is 9.80 Å². The van der Waals surface area contributed by atoms with Crippen molar-refractivity contribution in [1.29, 1.82) is 0 Å². The van der Waals surface area contributed by atoms with Crippen LogP contribution in [0, 0.1) is 11.8 Å². The highest BCUT2D eigenvalue weighted by atomic mass is 79.9. The smallest absolute Gasteiger partial charge is 0.313 e. The first-order chi connectivity index (χ1) is 21.8. The van der Waals surface area contributed by atoms with Gasteiger partial charge in [-0.25, -0.2) is 0 Å². The molecule has 2 N–H and O–H groups in total. The molecule has 0 unspecified atom stereocenters. The lowest BCUT2D eigenvalue weighted by Crippen LogP contribution is -2.56. The maximum absolute atomic E-state index is 14.6. The largest absolute Gasteiger partial charge is 0.455 e. The first-order valence-electron chi connectivity index (χ1n) is 16.3. The van der Waals surface area contributed by atoms with Gasteiger partial charge in [-0.2, -0.15) is 0 Å². The summed E-state index contributed by atoms with van der Waals surface area (Å²) in [5, 5.41) is 12.1. The van der Waals surface area contributed by atoms with Gasteiger partial charge in [0.05, 0.1) is 12.5 Å². The summed E-state index contributed by atoms with van der Waals surface area (Å²) in [4.78, 5) is 59.1. The Morgan fingerprint density at radius 2 is 1.78 bits per heavy atom. The van der Waals surface area contributed by atoms with Gasteiger partial charge in [-0.3, -0.25) is 19.2 Å². The average molecular weight is 687 g/mol. The number of carbonyl (C=O) groups excluding carboxylic acids is 4. The predicted molar refractivity (Wildman–Crippen MR) is 171 cm³/mol. The second kappa shape index (κ2) is 15.0. The number of cyclic esters (lactones) is 1. The van der Waals surface area contributed by atoms with Crippen molar-refractivity contribution in [3.8, 4) is 0 Å². The quantitative estimate of drug-likeness (QED) is 0.218. The molecule has 0 saturated carbocycles. The number of allylic oxidation sites excluding steroid dienone is 1. The lowest BCUT2D eigenvalue weighted by atomic mass is 9.74. The van der Waals surface area contributed by atoms with Crippen LogP contribution in [0.5, 0.6) is 0 Å². The Bertz CT molecular complexity index is 1300. The minimum atomic E-state index is -1.31. The highest BCUT2D eigenvalue weighted by Gasteiger charge is 2.74. The third-order valence-corrected chi connectivity index (χ3v) is 9.96. The van der Waals surface area contributed by atoms with Crippen LogP contribution in [0.15, 0.2) is 53.0 Å². The standard InChI is InChI=1S/C34H44BrN3O7/c1-2-3-17-37-18-11-7-10-16-26(40)36-22-25(23-14-8-6-9-15-23)44-33(43)27-28-31(41)38(19-12-4-5-13-20-39)30(32(37)42)34(28)21-24(35)29(27)45-34/h6-9,11,14-15,21,25,27-30,39H,2-5,10,12-13,16-20,22H2,1H3,(H,36,40)/b11-7-/t25-,27-,28+,29-,30-,34+/m0/s1. The van der Waals surface area contributed by atoms with Gasteiger partial charge in [0.2, 0.25) is 17.7 Å². The van der Waals surface area contributed by atoms with Gasteiger partial charge in [-0.1, -0.05) is 84.6 Å². The predicted octanol–water partition coefficient (Wildman–Crippen LogP) is 3.79. The fourth-order valence-electron chi connectivity index (χ4n) is 7.01. The minimum Gasteiger partial charge on any atom is -0.455 e. The van der Waals surface area contributed by atoms with E-state index in [2.05, 4.69) is 28.2 Å². The Labute approximate surface area is 273 Å². The fourth-order valence-corrected chi connectivity index (χ4v) is 7.75. The van der Waals surface area contributed by atoms with Crippen LogP contribution in [0.2, 0.25) is 0 Å². The van der Waals surface area contributed by atoms with E-state index in [9.17, 15) is 24.3 Å². The Morgan fingerprint density at radius 1 is 1.00 bits per heavy atom. The van der Waals surface area contributed by atoms with E-state index >= 15 is 0 Å². The van der Waals surface area contributed by atoms with E-state index < -0.39 is 41.7 Å². The summed E-state index contributed by atoms with van der Waals surface area (Å²) < 4.78 is 13.3. The van der Waals surface area contributed by atoms with Gasteiger partial charge >= 0.3 is 5.97 Å². The van der Waals surface area contributed by atoms with Crippen LogP contribution in [-0.4, -0.2) is 89.1 Å². The molecule has 244 valence electrons. The molecule has 6 atom stereocenters. The topological polar surface area (TPSA) is 125 Å². The number of unbranched alkanes of at least 4 members (excludes halogenated alkanes) is 4. The number of ether oxygens (including phenoxy) is 2. The van der Waals surface area contributed by atoms with Crippen LogP contribution in [0.3, 0.4) is 0 Å². The normalized spacial score (nSPS) is 31.1. The monoisotopic (exact) mass is 685 g/mol. The zero-order chi connectivity index (χ0) is 32.0. The van der Waals surface area contributed by atoms with Crippen LogP contribution in [0.1, 0.15) is 70.0 Å². The van der Waals surface area contributed by atoms with E-state index in [-0.39, 0.29) is 37.3 Å². The number of aliphatic hydroxyl groups excluding tert-OH is 1. The van der Waals surface area contributed by atoms with Crippen LogP contribution >= 0.6 is 15.9 Å². The molecule has 2 saturated heterocycles. The van der Waals surface area contributed by atoms with Gasteiger partial charge < -0.3 is 29.7 Å². The summed E-state index contributed by atoms with van der Waals surface area (Å²) in [7, 11) is 0. The van der Waals surface area contributed by atoms with Crippen molar-refractivity contribution in [2.45, 2.75) is 82.1 Å². The minimum absolute atomic E-state index is 0.0865. The molecule has 2 fully saturated rings. The SMILES string of the molecule is CCCCN1C/C=C\CCC(=O)NC[C@@H](c2ccccc2)OC(=O)[C@@H]2[C@H]3O[C@@]4(C=C3Br)[C@H](C1=O)N(CCCCCCO)C(=O)[C@@H]24. The molecule has 5 bridgehead atoms. The van der Waals surface area contributed by atoms with E-state index in [1.165, 1.54) is 0 Å². The Kier molecular flexibility index (Phi) is 11.1. The average Bonchev–Trinajstić information content (AvgIpc) is 3.63. The van der Waals surface area contributed by atoms with Gasteiger partial charge in [0, 0.05) is 37.1 Å². The number of benzene rings is 1. The Hall–Kier alpha value is -3.02. The molecule has 4 heterocycles. The number of hydrogen-bond donors (Lipinski definition) is 2. The number of nitrogens with zero attached hydrogens (tertiary/aromatic N) is 2. The molecule has 5 rings (SSSR count). The first-order valence-corrected chi connectivity index (χ1v) is 17.0. The number of halogens is 1. The van der Waals surface area contributed by atoms with E-state index in [1.807, 2.05) is 48.6 Å². The lowest BCUT2D eigenvalue weighted by Gasteiger charge is -2.36. The van der Waals surface area contributed by atoms with Crippen LogP contribution in [0.25, 0.3) is 0 Å². The molecule has 1 aromatic carbocycles. The summed E-state index contributed by atoms with van der Waals surface area (Å²) >= 11 is 3.60. The van der Waals surface area contributed by atoms with Crippen molar-refractivity contribution in [1.82, 2.24) is 15.1 Å². The highest BCUT2D eigenvalue weighted by Crippen LogP contribution is 2.59. The number of hydrogen-bond acceptors (Lipinski definition) is 7. The number of rotatable bonds is 10. The molecule has 1 aromatic rings. The summed E-state index contributed by atoms with van der Waals surface area (Å²) in [5.74, 6) is -3.15. The van der Waals surface area contributed by atoms with Crippen molar-refractivity contribution in [3.05, 3.63) is 58.6 Å². The summed E-state index contributed by atoms with van der Waals surface area (Å²) in [6, 6.07) is 8.28. The van der Waals surface area contributed by atoms with Gasteiger partial charge in [-0.05, 0) is 37.3 Å². The summed E-state index contributed by atoms with van der Waals surface area (Å²) in [6.07, 6.45) is 9.49. The van der Waals surface area contributed by atoms with Crippen molar-refractivity contribution in [2.75, 3.05) is 32.8 Å². The summed E-state index contributed by atoms with van der Waals surface area (Å²) in [6.45, 7) is 3.45. The maximum Gasteiger partial charge on any atom is 0.313 e. The first kappa shape index (κ1) is 33.3. The second-order valence-corrected chi connectivity index (χ2v) is 13.2. The highest BCUT2D eigenvalue weighted by molar-refractivity contribution is 9.11. The molecule has 1 spiro atoms. The molecule has 10 nitrogen and oxygen atoms in total. The van der Waals surface area contributed by atoms with E-state index in [0.29, 0.717) is 43.4 Å². The second-order valence-electron chi connectivity index (χ2n) is 12.3. The van der Waals surface area contributed by atoms with E-state index in [0.717, 1.165) is 31.2 Å². The van der Waals surface area contributed by atoms with Gasteiger partial charge in [0.1, 0.15) is 29.8 Å². The molecule has 0 aromatic heterocycles. The number of likely N-dealkylation sites (tertiary alicyclic amines) is 1. The lowest BCUT2D eigenvalue weighted by molar-refractivity contribution is -0.159. The number of aliphatic hydroxyl groups is 1. The maximum atomic E-state index is 14.6. The molecule has 11 heteroatoms. The van der Waals surface area contributed by atoms with E-state index in [4.69, 9.17) is 9.47 Å². The van der Waals surface area contributed by atoms with Gasteiger partial charge in [-0.15, -0.1) is 0 Å². The zero-order valence-corrected chi connectivity index (χ0v) is 27.5. The molecule has 0 radical (unpaired) electrons. The molecule has 4 aliphatic rings.